The summed E-state index contributed by atoms with van der Waals surface area (Å²) in [4.78, 5) is 13.2. The molecule has 1 atom stereocenters. The van der Waals surface area contributed by atoms with Crippen LogP contribution in [0.25, 0.3) is 0 Å². The molecule has 0 heterocycles. The Bertz CT molecular complexity index is 437. The van der Waals surface area contributed by atoms with E-state index in [0.29, 0.717) is 23.7 Å². The second kappa shape index (κ2) is 7.24. The van der Waals surface area contributed by atoms with Gasteiger partial charge in [-0.2, -0.15) is 0 Å². The van der Waals surface area contributed by atoms with E-state index < -0.39 is 12.0 Å². The molecule has 0 amide bonds. The van der Waals surface area contributed by atoms with Gasteiger partial charge >= 0.3 is 5.97 Å². The Morgan fingerprint density at radius 2 is 2.16 bits per heavy atom. The number of aliphatic carboxylic acids is 1. The first-order chi connectivity index (χ1) is 9.04. The fraction of sp³-hybridized carbons (Fsp3) is 0.500. The van der Waals surface area contributed by atoms with Gasteiger partial charge in [-0.15, -0.1) is 0 Å². The van der Waals surface area contributed by atoms with Gasteiger partial charge in [-0.1, -0.05) is 25.4 Å². The van der Waals surface area contributed by atoms with Crippen molar-refractivity contribution in [3.8, 4) is 5.75 Å². The molecule has 0 saturated carbocycles. The first kappa shape index (κ1) is 15.6. The van der Waals surface area contributed by atoms with Crippen LogP contribution in [0.4, 0.5) is 5.69 Å². The predicted molar refractivity (Wildman–Crippen MR) is 77.4 cm³/mol. The minimum Gasteiger partial charge on any atom is -0.495 e. The number of halogens is 1. The summed E-state index contributed by atoms with van der Waals surface area (Å²) in [5, 5.41) is 9.92. The van der Waals surface area contributed by atoms with Gasteiger partial charge in [0.25, 0.3) is 0 Å². The lowest BCUT2D eigenvalue weighted by Gasteiger charge is -2.31. The highest BCUT2D eigenvalue weighted by atomic mass is 35.5. The zero-order valence-electron chi connectivity index (χ0n) is 11.5. The first-order valence-electron chi connectivity index (χ1n) is 6.38. The SMILES string of the molecule is CCCN(c1cc(Cl)ccc1OC)C(CC)C(=O)O. The van der Waals surface area contributed by atoms with E-state index in [4.69, 9.17) is 16.3 Å². The van der Waals surface area contributed by atoms with Crippen LogP contribution in [0.1, 0.15) is 26.7 Å². The number of methoxy groups -OCH3 is 1. The number of ether oxygens (including phenoxy) is 1. The van der Waals surface area contributed by atoms with Gasteiger partial charge in [0.05, 0.1) is 12.8 Å². The average molecular weight is 286 g/mol. The van der Waals surface area contributed by atoms with Gasteiger partial charge < -0.3 is 14.7 Å². The van der Waals surface area contributed by atoms with Crippen LogP contribution in [-0.4, -0.2) is 30.8 Å². The summed E-state index contributed by atoms with van der Waals surface area (Å²) in [6.45, 7) is 4.51. The third-order valence-corrected chi connectivity index (χ3v) is 3.20. The lowest BCUT2D eigenvalue weighted by Crippen LogP contribution is -2.41. The van der Waals surface area contributed by atoms with Crippen molar-refractivity contribution in [2.75, 3.05) is 18.6 Å². The van der Waals surface area contributed by atoms with Gasteiger partial charge in [0.1, 0.15) is 11.8 Å². The summed E-state index contributed by atoms with van der Waals surface area (Å²) in [7, 11) is 1.57. The smallest absolute Gasteiger partial charge is 0.326 e. The normalized spacial score (nSPS) is 12.0. The third-order valence-electron chi connectivity index (χ3n) is 2.96. The van der Waals surface area contributed by atoms with E-state index in [1.54, 1.807) is 25.3 Å². The molecule has 0 aliphatic carbocycles. The molecular formula is C14H20ClNO3. The minimum absolute atomic E-state index is 0.519. The van der Waals surface area contributed by atoms with Crippen LogP contribution in [0, 0.1) is 0 Å². The topological polar surface area (TPSA) is 49.8 Å². The standard InChI is InChI=1S/C14H20ClNO3/c1-4-8-16(11(5-2)14(17)18)12-9-10(15)6-7-13(12)19-3/h6-7,9,11H,4-5,8H2,1-3H3,(H,17,18). The third kappa shape index (κ3) is 3.77. The molecule has 19 heavy (non-hydrogen) atoms. The number of rotatable bonds is 7. The second-order valence-electron chi connectivity index (χ2n) is 4.27. The number of hydrogen-bond acceptors (Lipinski definition) is 3. The molecule has 0 bridgehead atoms. The van der Waals surface area contributed by atoms with Crippen molar-refractivity contribution in [1.29, 1.82) is 0 Å². The lowest BCUT2D eigenvalue weighted by molar-refractivity contribution is -0.138. The van der Waals surface area contributed by atoms with Gasteiger partial charge in [0.15, 0.2) is 0 Å². The van der Waals surface area contributed by atoms with Gasteiger partial charge in [-0.3, -0.25) is 0 Å². The number of nitrogens with zero attached hydrogens (tertiary/aromatic N) is 1. The van der Waals surface area contributed by atoms with Crippen molar-refractivity contribution in [3.63, 3.8) is 0 Å². The highest BCUT2D eigenvalue weighted by Gasteiger charge is 2.25. The van der Waals surface area contributed by atoms with Crippen molar-refractivity contribution in [3.05, 3.63) is 23.2 Å². The average Bonchev–Trinajstić information content (AvgIpc) is 2.38. The number of hydrogen-bond donors (Lipinski definition) is 1. The minimum atomic E-state index is -0.835. The van der Waals surface area contributed by atoms with Crippen molar-refractivity contribution >= 4 is 23.3 Å². The van der Waals surface area contributed by atoms with Crippen LogP contribution in [0.3, 0.4) is 0 Å². The van der Waals surface area contributed by atoms with E-state index in [-0.39, 0.29) is 0 Å². The van der Waals surface area contributed by atoms with E-state index in [1.807, 2.05) is 18.7 Å². The van der Waals surface area contributed by atoms with Crippen LogP contribution in [0.2, 0.25) is 5.02 Å². The number of benzene rings is 1. The molecule has 0 spiro atoms. The number of carboxylic acids is 1. The quantitative estimate of drug-likeness (QED) is 0.834. The highest BCUT2D eigenvalue weighted by molar-refractivity contribution is 6.31. The van der Waals surface area contributed by atoms with Gasteiger partial charge in [-0.25, -0.2) is 4.79 Å². The van der Waals surface area contributed by atoms with Crippen molar-refractivity contribution in [2.24, 2.45) is 0 Å². The molecule has 5 heteroatoms. The molecule has 0 aliphatic heterocycles. The molecule has 0 radical (unpaired) electrons. The van der Waals surface area contributed by atoms with Crippen LogP contribution < -0.4 is 9.64 Å². The van der Waals surface area contributed by atoms with E-state index in [1.165, 1.54) is 0 Å². The number of carboxylic acid groups (broad SMARTS) is 1. The zero-order chi connectivity index (χ0) is 14.4. The fourth-order valence-corrected chi connectivity index (χ4v) is 2.27. The maximum absolute atomic E-state index is 11.4. The van der Waals surface area contributed by atoms with Gasteiger partial charge in [-0.05, 0) is 31.0 Å². The molecular weight excluding hydrogens is 266 g/mol. The maximum atomic E-state index is 11.4. The first-order valence-corrected chi connectivity index (χ1v) is 6.75. The summed E-state index contributed by atoms with van der Waals surface area (Å²) >= 11 is 6.02. The van der Waals surface area contributed by atoms with Crippen LogP contribution in [-0.2, 0) is 4.79 Å². The van der Waals surface area contributed by atoms with Crippen LogP contribution >= 0.6 is 11.6 Å². The molecule has 1 aromatic rings. The molecule has 106 valence electrons. The summed E-state index contributed by atoms with van der Waals surface area (Å²) in [6, 6.07) is 4.67. The molecule has 4 nitrogen and oxygen atoms in total. The molecule has 1 N–H and O–H groups in total. The Kier molecular flexibility index (Phi) is 5.96. The zero-order valence-corrected chi connectivity index (χ0v) is 12.3. The van der Waals surface area contributed by atoms with Gasteiger partial charge in [0, 0.05) is 11.6 Å². The largest absolute Gasteiger partial charge is 0.495 e. The summed E-state index contributed by atoms with van der Waals surface area (Å²) in [6.07, 6.45) is 1.37. The maximum Gasteiger partial charge on any atom is 0.326 e. The summed E-state index contributed by atoms with van der Waals surface area (Å²) in [5.74, 6) is -0.199. The number of anilines is 1. The molecule has 0 saturated heterocycles. The summed E-state index contributed by atoms with van der Waals surface area (Å²) in [5.41, 5.74) is 0.728. The second-order valence-corrected chi connectivity index (χ2v) is 4.71. The van der Waals surface area contributed by atoms with Crippen LogP contribution in [0.15, 0.2) is 18.2 Å². The van der Waals surface area contributed by atoms with Crippen molar-refractivity contribution in [2.45, 2.75) is 32.7 Å². The summed E-state index contributed by atoms with van der Waals surface area (Å²) < 4.78 is 5.31. The van der Waals surface area contributed by atoms with Crippen LogP contribution in [0.5, 0.6) is 5.75 Å². The van der Waals surface area contributed by atoms with E-state index in [0.717, 1.165) is 12.1 Å². The Morgan fingerprint density at radius 1 is 1.47 bits per heavy atom. The van der Waals surface area contributed by atoms with E-state index >= 15 is 0 Å². The van der Waals surface area contributed by atoms with Gasteiger partial charge in [0.2, 0.25) is 0 Å². The van der Waals surface area contributed by atoms with E-state index in [9.17, 15) is 9.90 Å². The Hall–Kier alpha value is -1.42. The lowest BCUT2D eigenvalue weighted by atomic mass is 10.1. The molecule has 1 rings (SSSR count). The Balaban J connectivity index is 3.24. The Morgan fingerprint density at radius 3 is 2.63 bits per heavy atom. The molecule has 1 unspecified atom stereocenters. The van der Waals surface area contributed by atoms with Crippen molar-refractivity contribution < 1.29 is 14.6 Å². The monoisotopic (exact) mass is 285 g/mol. The fourth-order valence-electron chi connectivity index (χ4n) is 2.10. The Labute approximate surface area is 118 Å². The number of carbonyl (C=O) groups is 1. The molecule has 0 aliphatic rings. The predicted octanol–water partition coefficient (Wildman–Crippen LogP) is 3.43. The van der Waals surface area contributed by atoms with E-state index in [2.05, 4.69) is 0 Å². The highest BCUT2D eigenvalue weighted by Crippen LogP contribution is 2.33. The molecule has 0 aromatic heterocycles. The van der Waals surface area contributed by atoms with Crippen molar-refractivity contribution in [1.82, 2.24) is 0 Å². The molecule has 1 aromatic carbocycles. The molecule has 0 fully saturated rings.